The Morgan fingerprint density at radius 3 is 3.00 bits per heavy atom. The fourth-order valence-corrected chi connectivity index (χ4v) is 3.17. The molecule has 3 rings (SSSR count). The molecule has 2 atom stereocenters. The lowest BCUT2D eigenvalue weighted by Gasteiger charge is -2.21. The van der Waals surface area contributed by atoms with Gasteiger partial charge in [0, 0.05) is 31.9 Å². The van der Waals surface area contributed by atoms with Crippen LogP contribution in [-0.4, -0.2) is 39.6 Å². The summed E-state index contributed by atoms with van der Waals surface area (Å²) in [5.41, 5.74) is 1.09. The minimum atomic E-state index is 0.600. The van der Waals surface area contributed by atoms with E-state index < -0.39 is 0 Å². The lowest BCUT2D eigenvalue weighted by atomic mass is 10.1. The molecule has 2 unspecified atom stereocenters. The number of rotatable bonds is 2. The zero-order valence-corrected chi connectivity index (χ0v) is 10.1. The fraction of sp³-hybridized carbons (Fsp3) is 0.750. The van der Waals surface area contributed by atoms with E-state index >= 15 is 0 Å². The number of aromatic nitrogens is 2. The molecule has 0 aliphatic carbocycles. The molecule has 2 saturated heterocycles. The van der Waals surface area contributed by atoms with Crippen LogP contribution in [0.25, 0.3) is 0 Å². The van der Waals surface area contributed by atoms with Crippen LogP contribution >= 0.6 is 0 Å². The van der Waals surface area contributed by atoms with Gasteiger partial charge in [-0.25, -0.2) is 4.98 Å². The molecule has 0 spiro atoms. The minimum absolute atomic E-state index is 0.600. The van der Waals surface area contributed by atoms with E-state index in [4.69, 9.17) is 0 Å². The van der Waals surface area contributed by atoms with E-state index in [-0.39, 0.29) is 0 Å². The van der Waals surface area contributed by atoms with Crippen LogP contribution in [0.4, 0.5) is 5.95 Å². The maximum absolute atomic E-state index is 4.52. The van der Waals surface area contributed by atoms with Gasteiger partial charge in [0.1, 0.15) is 0 Å². The molecule has 1 aromatic rings. The zero-order valence-electron chi connectivity index (χ0n) is 10.1. The number of hydrogen-bond donors (Lipinski definition) is 1. The second kappa shape index (κ2) is 3.77. The quantitative estimate of drug-likeness (QED) is 0.817. The van der Waals surface area contributed by atoms with Crippen LogP contribution in [0, 0.1) is 6.92 Å². The van der Waals surface area contributed by atoms with E-state index in [2.05, 4.69) is 33.0 Å². The smallest absolute Gasteiger partial charge is 0.203 e. The average Bonchev–Trinajstić information content (AvgIpc) is 2.86. The first-order chi connectivity index (χ1) is 7.74. The van der Waals surface area contributed by atoms with Gasteiger partial charge >= 0.3 is 0 Å². The molecular weight excluding hydrogens is 200 g/mol. The molecule has 2 aliphatic rings. The molecule has 2 aliphatic heterocycles. The van der Waals surface area contributed by atoms with Crippen molar-refractivity contribution in [3.63, 3.8) is 0 Å². The molecule has 1 aromatic heterocycles. The summed E-state index contributed by atoms with van der Waals surface area (Å²) >= 11 is 0. The van der Waals surface area contributed by atoms with E-state index in [9.17, 15) is 0 Å². The van der Waals surface area contributed by atoms with Gasteiger partial charge in [-0.3, -0.25) is 4.90 Å². The molecule has 0 amide bonds. The summed E-state index contributed by atoms with van der Waals surface area (Å²) in [5.74, 6) is 1.02. The van der Waals surface area contributed by atoms with Gasteiger partial charge in [0.15, 0.2) is 0 Å². The van der Waals surface area contributed by atoms with Crippen LogP contribution in [0.2, 0.25) is 0 Å². The Labute approximate surface area is 96.7 Å². The molecule has 16 heavy (non-hydrogen) atoms. The zero-order chi connectivity index (χ0) is 11.1. The van der Waals surface area contributed by atoms with E-state index in [1.807, 2.05) is 6.92 Å². The highest BCUT2D eigenvalue weighted by Gasteiger charge is 2.37. The second-order valence-corrected chi connectivity index (χ2v) is 5.10. The van der Waals surface area contributed by atoms with Gasteiger partial charge in [-0.15, -0.1) is 0 Å². The number of imidazole rings is 1. The number of hydrogen-bond acceptors (Lipinski definition) is 3. The third-order valence-corrected chi connectivity index (χ3v) is 3.92. The van der Waals surface area contributed by atoms with Crippen LogP contribution in [0.3, 0.4) is 0 Å². The van der Waals surface area contributed by atoms with Gasteiger partial charge in [0.05, 0.1) is 5.69 Å². The lowest BCUT2D eigenvalue weighted by Crippen LogP contribution is -2.34. The molecule has 4 heteroatoms. The van der Waals surface area contributed by atoms with Gasteiger partial charge < -0.3 is 9.88 Å². The third kappa shape index (κ3) is 1.61. The van der Waals surface area contributed by atoms with Crippen molar-refractivity contribution < 1.29 is 0 Å². The summed E-state index contributed by atoms with van der Waals surface area (Å²) in [6.07, 6.45) is 6.05. The third-order valence-electron chi connectivity index (χ3n) is 3.92. The monoisotopic (exact) mass is 220 g/mol. The highest BCUT2D eigenvalue weighted by molar-refractivity contribution is 5.31. The molecule has 88 valence electrons. The minimum Gasteiger partial charge on any atom is -0.351 e. The number of nitrogens with zero attached hydrogens (tertiary/aromatic N) is 3. The lowest BCUT2D eigenvalue weighted by molar-refractivity contribution is 0.318. The van der Waals surface area contributed by atoms with Crippen molar-refractivity contribution in [3.05, 3.63) is 11.9 Å². The number of nitrogens with one attached hydrogen (secondary N) is 1. The molecular formula is C12H20N4. The van der Waals surface area contributed by atoms with Crippen LogP contribution in [-0.2, 0) is 7.05 Å². The topological polar surface area (TPSA) is 33.1 Å². The Kier molecular flexibility index (Phi) is 2.39. The molecule has 2 fully saturated rings. The Morgan fingerprint density at radius 1 is 1.38 bits per heavy atom. The van der Waals surface area contributed by atoms with Gasteiger partial charge in [-0.1, -0.05) is 0 Å². The van der Waals surface area contributed by atoms with E-state index in [1.165, 1.54) is 32.4 Å². The van der Waals surface area contributed by atoms with Crippen LogP contribution in [0.1, 0.15) is 25.0 Å². The van der Waals surface area contributed by atoms with Crippen LogP contribution in [0.5, 0.6) is 0 Å². The maximum atomic E-state index is 4.52. The van der Waals surface area contributed by atoms with E-state index in [0.717, 1.165) is 17.7 Å². The van der Waals surface area contributed by atoms with Gasteiger partial charge in [0.2, 0.25) is 5.95 Å². The highest BCUT2D eigenvalue weighted by Crippen LogP contribution is 2.29. The van der Waals surface area contributed by atoms with Gasteiger partial charge in [-0.05, 0) is 32.7 Å². The fourth-order valence-electron chi connectivity index (χ4n) is 3.17. The average molecular weight is 220 g/mol. The number of aryl methyl sites for hydroxylation is 2. The number of fused-ring (bicyclic) bond motifs is 1. The molecule has 4 nitrogen and oxygen atoms in total. The molecule has 0 radical (unpaired) electrons. The first-order valence-electron chi connectivity index (χ1n) is 6.24. The summed E-state index contributed by atoms with van der Waals surface area (Å²) in [4.78, 5) is 7.14. The molecule has 3 heterocycles. The standard InChI is InChI=1S/C12H20N4/c1-9-8-15(2)12(13-9)14-10-5-7-16-6-3-4-11(10)16/h8,10-11H,3-7H2,1-2H3,(H,13,14). The van der Waals surface area contributed by atoms with Crippen molar-refractivity contribution in [1.29, 1.82) is 0 Å². The predicted molar refractivity (Wildman–Crippen MR) is 64.6 cm³/mol. The SMILES string of the molecule is Cc1cn(C)c(NC2CCN3CCCC23)n1. The van der Waals surface area contributed by atoms with Crippen molar-refractivity contribution in [1.82, 2.24) is 14.5 Å². The molecule has 0 saturated carbocycles. The van der Waals surface area contributed by atoms with Crippen LogP contribution in [0.15, 0.2) is 6.20 Å². The summed E-state index contributed by atoms with van der Waals surface area (Å²) < 4.78 is 2.09. The van der Waals surface area contributed by atoms with Crippen molar-refractivity contribution >= 4 is 5.95 Å². The summed E-state index contributed by atoms with van der Waals surface area (Å²) in [6, 6.07) is 1.35. The Bertz CT molecular complexity index is 384. The van der Waals surface area contributed by atoms with Crippen molar-refractivity contribution in [2.24, 2.45) is 7.05 Å². The number of anilines is 1. The molecule has 1 N–H and O–H groups in total. The van der Waals surface area contributed by atoms with Crippen molar-refractivity contribution in [2.75, 3.05) is 18.4 Å². The summed E-state index contributed by atoms with van der Waals surface area (Å²) in [5, 5.41) is 3.61. The summed E-state index contributed by atoms with van der Waals surface area (Å²) in [7, 11) is 2.06. The van der Waals surface area contributed by atoms with E-state index in [0.29, 0.717) is 6.04 Å². The van der Waals surface area contributed by atoms with E-state index in [1.54, 1.807) is 0 Å². The Morgan fingerprint density at radius 2 is 2.25 bits per heavy atom. The molecule has 0 aromatic carbocycles. The molecule has 0 bridgehead atoms. The second-order valence-electron chi connectivity index (χ2n) is 5.10. The van der Waals surface area contributed by atoms with Gasteiger partial charge in [-0.2, -0.15) is 0 Å². The maximum Gasteiger partial charge on any atom is 0.203 e. The normalized spacial score (nSPS) is 29.6. The largest absolute Gasteiger partial charge is 0.351 e. The van der Waals surface area contributed by atoms with Crippen molar-refractivity contribution in [2.45, 2.75) is 38.3 Å². The highest BCUT2D eigenvalue weighted by atomic mass is 15.3. The summed E-state index contributed by atoms with van der Waals surface area (Å²) in [6.45, 7) is 4.59. The van der Waals surface area contributed by atoms with Crippen LogP contribution < -0.4 is 5.32 Å². The first-order valence-corrected chi connectivity index (χ1v) is 6.24. The Hall–Kier alpha value is -1.03. The van der Waals surface area contributed by atoms with Gasteiger partial charge in [0.25, 0.3) is 0 Å². The first kappa shape index (κ1) is 10.1. The Balaban J connectivity index is 1.73. The predicted octanol–water partition coefficient (Wildman–Crippen LogP) is 1.38. The van der Waals surface area contributed by atoms with Crippen molar-refractivity contribution in [3.8, 4) is 0 Å².